The molecule has 0 heterocycles. The number of hydrogen-bond acceptors (Lipinski definition) is 1. The molecule has 0 unspecified atom stereocenters. The largest absolute Gasteiger partial charge is 0.316 e. The minimum Gasteiger partial charge on any atom is -0.316 e. The Morgan fingerprint density at radius 2 is 2.00 bits per heavy atom. The predicted molar refractivity (Wildman–Crippen MR) is 58.0 cm³/mol. The van der Waals surface area contributed by atoms with Crippen LogP contribution in [0, 0.1) is 6.92 Å². The van der Waals surface area contributed by atoms with Gasteiger partial charge in [-0.05, 0) is 36.6 Å². The molecule has 0 saturated heterocycles. The fraction of sp³-hybridized carbons (Fsp3) is 0.500. The second kappa shape index (κ2) is 4.43. The van der Waals surface area contributed by atoms with Gasteiger partial charge in [0.2, 0.25) is 0 Å². The SMILES string of the molecule is CNCc1cc(C(C)C)ccc1C. The fourth-order valence-electron chi connectivity index (χ4n) is 1.43. The summed E-state index contributed by atoms with van der Waals surface area (Å²) < 4.78 is 0. The average molecular weight is 177 g/mol. The Morgan fingerprint density at radius 3 is 2.54 bits per heavy atom. The molecule has 1 heteroatoms. The molecule has 1 aromatic rings. The van der Waals surface area contributed by atoms with E-state index in [0.717, 1.165) is 6.54 Å². The summed E-state index contributed by atoms with van der Waals surface area (Å²) in [5.74, 6) is 0.621. The van der Waals surface area contributed by atoms with Gasteiger partial charge in [-0.3, -0.25) is 0 Å². The second-order valence-corrected chi connectivity index (χ2v) is 3.87. The van der Waals surface area contributed by atoms with Gasteiger partial charge in [0.05, 0.1) is 0 Å². The molecular weight excluding hydrogens is 158 g/mol. The number of benzene rings is 1. The highest BCUT2D eigenvalue weighted by atomic mass is 14.8. The number of hydrogen-bond donors (Lipinski definition) is 1. The molecule has 1 N–H and O–H groups in total. The van der Waals surface area contributed by atoms with Gasteiger partial charge in [-0.15, -0.1) is 0 Å². The van der Waals surface area contributed by atoms with Crippen molar-refractivity contribution in [3.63, 3.8) is 0 Å². The summed E-state index contributed by atoms with van der Waals surface area (Å²) in [5.41, 5.74) is 4.21. The lowest BCUT2D eigenvalue weighted by Crippen LogP contribution is -2.07. The van der Waals surface area contributed by atoms with Crippen LogP contribution in [0.2, 0.25) is 0 Å². The van der Waals surface area contributed by atoms with Gasteiger partial charge in [0.25, 0.3) is 0 Å². The topological polar surface area (TPSA) is 12.0 Å². The highest BCUT2D eigenvalue weighted by Crippen LogP contribution is 2.18. The molecule has 13 heavy (non-hydrogen) atoms. The van der Waals surface area contributed by atoms with Crippen molar-refractivity contribution in [3.05, 3.63) is 34.9 Å². The van der Waals surface area contributed by atoms with E-state index in [4.69, 9.17) is 0 Å². The summed E-state index contributed by atoms with van der Waals surface area (Å²) in [6, 6.07) is 6.73. The first-order valence-corrected chi connectivity index (χ1v) is 4.89. The van der Waals surface area contributed by atoms with Crippen LogP contribution in [0.5, 0.6) is 0 Å². The van der Waals surface area contributed by atoms with Crippen LogP contribution in [0.15, 0.2) is 18.2 Å². The van der Waals surface area contributed by atoms with Gasteiger partial charge in [0, 0.05) is 6.54 Å². The Kier molecular flexibility index (Phi) is 3.49. The third-order valence-electron chi connectivity index (χ3n) is 2.41. The van der Waals surface area contributed by atoms with E-state index < -0.39 is 0 Å². The van der Waals surface area contributed by atoms with Gasteiger partial charge in [0.1, 0.15) is 0 Å². The zero-order valence-corrected chi connectivity index (χ0v) is 9.02. The first kappa shape index (κ1) is 10.3. The maximum Gasteiger partial charge on any atom is 0.0205 e. The first-order chi connectivity index (χ1) is 6.15. The minimum atomic E-state index is 0.621. The van der Waals surface area contributed by atoms with E-state index in [9.17, 15) is 0 Å². The quantitative estimate of drug-likeness (QED) is 0.748. The fourth-order valence-corrected chi connectivity index (χ4v) is 1.43. The smallest absolute Gasteiger partial charge is 0.0205 e. The third-order valence-corrected chi connectivity index (χ3v) is 2.41. The van der Waals surface area contributed by atoms with Gasteiger partial charge in [-0.2, -0.15) is 0 Å². The van der Waals surface area contributed by atoms with E-state index in [2.05, 4.69) is 44.3 Å². The van der Waals surface area contributed by atoms with E-state index in [-0.39, 0.29) is 0 Å². The van der Waals surface area contributed by atoms with Crippen molar-refractivity contribution in [2.45, 2.75) is 33.2 Å². The molecule has 0 bridgehead atoms. The summed E-state index contributed by atoms with van der Waals surface area (Å²) >= 11 is 0. The van der Waals surface area contributed by atoms with Crippen molar-refractivity contribution in [2.75, 3.05) is 7.05 Å². The molecule has 0 atom stereocenters. The van der Waals surface area contributed by atoms with Crippen molar-refractivity contribution in [3.8, 4) is 0 Å². The van der Waals surface area contributed by atoms with Gasteiger partial charge >= 0.3 is 0 Å². The predicted octanol–water partition coefficient (Wildman–Crippen LogP) is 2.84. The number of nitrogens with one attached hydrogen (secondary N) is 1. The molecule has 0 saturated carbocycles. The molecular formula is C12H19N. The zero-order valence-electron chi connectivity index (χ0n) is 9.02. The van der Waals surface area contributed by atoms with Crippen LogP contribution in [0.3, 0.4) is 0 Å². The summed E-state index contributed by atoms with van der Waals surface area (Å²) in [4.78, 5) is 0. The van der Waals surface area contributed by atoms with E-state index in [1.165, 1.54) is 16.7 Å². The minimum absolute atomic E-state index is 0.621. The standard InChI is InChI=1S/C12H19N/c1-9(2)11-6-5-10(3)12(7-11)8-13-4/h5-7,9,13H,8H2,1-4H3. The Bertz CT molecular complexity index is 276. The summed E-state index contributed by atoms with van der Waals surface area (Å²) in [5, 5.41) is 3.19. The molecule has 0 aliphatic heterocycles. The van der Waals surface area contributed by atoms with Crippen LogP contribution < -0.4 is 5.32 Å². The monoisotopic (exact) mass is 177 g/mol. The molecule has 0 spiro atoms. The number of rotatable bonds is 3. The summed E-state index contributed by atoms with van der Waals surface area (Å²) in [7, 11) is 1.99. The maximum absolute atomic E-state index is 3.19. The van der Waals surface area contributed by atoms with Crippen LogP contribution in [0.4, 0.5) is 0 Å². The lowest BCUT2D eigenvalue weighted by Gasteiger charge is -2.10. The second-order valence-electron chi connectivity index (χ2n) is 3.87. The van der Waals surface area contributed by atoms with Crippen molar-refractivity contribution in [1.82, 2.24) is 5.32 Å². The normalized spacial score (nSPS) is 10.8. The third kappa shape index (κ3) is 2.56. The van der Waals surface area contributed by atoms with E-state index >= 15 is 0 Å². The van der Waals surface area contributed by atoms with Crippen molar-refractivity contribution >= 4 is 0 Å². The molecule has 0 aliphatic carbocycles. The van der Waals surface area contributed by atoms with Crippen molar-refractivity contribution in [2.24, 2.45) is 0 Å². The zero-order chi connectivity index (χ0) is 9.84. The molecule has 72 valence electrons. The molecule has 0 fully saturated rings. The Labute approximate surface area is 81.2 Å². The molecule has 1 aromatic carbocycles. The Hall–Kier alpha value is -0.820. The molecule has 0 aliphatic rings. The highest BCUT2D eigenvalue weighted by molar-refractivity contribution is 5.32. The van der Waals surface area contributed by atoms with Gasteiger partial charge in [-0.25, -0.2) is 0 Å². The molecule has 0 aromatic heterocycles. The molecule has 1 rings (SSSR count). The van der Waals surface area contributed by atoms with Crippen LogP contribution in [0.25, 0.3) is 0 Å². The van der Waals surface area contributed by atoms with Crippen LogP contribution in [-0.2, 0) is 6.54 Å². The average Bonchev–Trinajstić information content (AvgIpc) is 2.08. The molecule has 1 nitrogen and oxygen atoms in total. The van der Waals surface area contributed by atoms with E-state index in [1.54, 1.807) is 0 Å². The van der Waals surface area contributed by atoms with Gasteiger partial charge in [-0.1, -0.05) is 32.0 Å². The summed E-state index contributed by atoms with van der Waals surface area (Å²) in [6.07, 6.45) is 0. The number of aryl methyl sites for hydroxylation is 1. The van der Waals surface area contributed by atoms with E-state index in [0.29, 0.717) is 5.92 Å². The van der Waals surface area contributed by atoms with Crippen LogP contribution in [0.1, 0.15) is 36.5 Å². The lowest BCUT2D eigenvalue weighted by atomic mass is 9.98. The van der Waals surface area contributed by atoms with Crippen LogP contribution in [-0.4, -0.2) is 7.05 Å². The lowest BCUT2D eigenvalue weighted by molar-refractivity contribution is 0.801. The van der Waals surface area contributed by atoms with E-state index in [1.807, 2.05) is 7.05 Å². The van der Waals surface area contributed by atoms with Crippen molar-refractivity contribution in [1.29, 1.82) is 0 Å². The molecule has 0 amide bonds. The van der Waals surface area contributed by atoms with Crippen molar-refractivity contribution < 1.29 is 0 Å². The van der Waals surface area contributed by atoms with Crippen LogP contribution >= 0.6 is 0 Å². The Balaban J connectivity index is 2.97. The van der Waals surface area contributed by atoms with Gasteiger partial charge < -0.3 is 5.32 Å². The molecule has 0 radical (unpaired) electrons. The maximum atomic E-state index is 3.19. The first-order valence-electron chi connectivity index (χ1n) is 4.89. The summed E-state index contributed by atoms with van der Waals surface area (Å²) in [6.45, 7) is 7.59. The Morgan fingerprint density at radius 1 is 1.31 bits per heavy atom. The van der Waals surface area contributed by atoms with Gasteiger partial charge in [0.15, 0.2) is 0 Å². The highest BCUT2D eigenvalue weighted by Gasteiger charge is 2.02.